The molecular weight excluding hydrogens is 359 g/mol. The summed E-state index contributed by atoms with van der Waals surface area (Å²) in [5.74, 6) is -1.42. The summed E-state index contributed by atoms with van der Waals surface area (Å²) in [6.07, 6.45) is 2.29. The molecule has 0 atom stereocenters. The number of carbonyl (C=O) groups excluding carboxylic acids is 1. The zero-order valence-corrected chi connectivity index (χ0v) is 15.4. The van der Waals surface area contributed by atoms with Gasteiger partial charge in [0.15, 0.2) is 11.6 Å². The maximum absolute atomic E-state index is 13.3. The van der Waals surface area contributed by atoms with Gasteiger partial charge < -0.3 is 19.7 Å². The molecule has 2 aliphatic heterocycles. The number of likely N-dealkylation sites (tertiary alicyclic amines) is 1. The number of aromatic hydroxyl groups is 1. The second-order valence-electron chi connectivity index (χ2n) is 7.58. The SMILES string of the molecule is O=C(c1ccc(F)c(O)c1)N1CCC2(CC1)OCCc1c2[nH]c2ccccc12. The number of hydrogen-bond donors (Lipinski definition) is 2. The lowest BCUT2D eigenvalue weighted by Crippen LogP contribution is -2.48. The Labute approximate surface area is 161 Å². The van der Waals surface area contributed by atoms with Crippen molar-refractivity contribution in [1.82, 2.24) is 9.88 Å². The van der Waals surface area contributed by atoms with Gasteiger partial charge in [-0.1, -0.05) is 18.2 Å². The molecule has 3 heterocycles. The van der Waals surface area contributed by atoms with E-state index in [0.29, 0.717) is 38.1 Å². The van der Waals surface area contributed by atoms with Crippen LogP contribution in [0.1, 0.15) is 34.5 Å². The third kappa shape index (κ3) is 2.59. The Kier molecular flexibility index (Phi) is 3.91. The number of piperidine rings is 1. The Morgan fingerprint density at radius 2 is 1.96 bits per heavy atom. The van der Waals surface area contributed by atoms with E-state index in [1.807, 2.05) is 6.07 Å². The predicted molar refractivity (Wildman–Crippen MR) is 103 cm³/mol. The van der Waals surface area contributed by atoms with Crippen LogP contribution >= 0.6 is 0 Å². The number of ether oxygens (including phenoxy) is 1. The summed E-state index contributed by atoms with van der Waals surface area (Å²) >= 11 is 0. The van der Waals surface area contributed by atoms with Gasteiger partial charge in [-0.05, 0) is 49.1 Å². The molecule has 0 saturated carbocycles. The molecule has 0 bridgehead atoms. The molecule has 2 aromatic carbocycles. The molecule has 6 heteroatoms. The molecule has 0 radical (unpaired) electrons. The Bertz CT molecular complexity index is 1070. The van der Waals surface area contributed by atoms with Crippen molar-refractivity contribution in [3.8, 4) is 5.75 Å². The van der Waals surface area contributed by atoms with Crippen molar-refractivity contribution in [3.05, 3.63) is 65.1 Å². The van der Waals surface area contributed by atoms with Crippen molar-refractivity contribution in [2.24, 2.45) is 0 Å². The average Bonchev–Trinajstić information content (AvgIpc) is 3.11. The number of aromatic amines is 1. The number of hydrogen-bond acceptors (Lipinski definition) is 3. The number of phenols is 1. The van der Waals surface area contributed by atoms with E-state index in [2.05, 4.69) is 23.2 Å². The Hall–Kier alpha value is -2.86. The number of aromatic nitrogens is 1. The quantitative estimate of drug-likeness (QED) is 0.676. The van der Waals surface area contributed by atoms with Crippen LogP contribution in [0.25, 0.3) is 10.9 Å². The smallest absolute Gasteiger partial charge is 0.253 e. The van der Waals surface area contributed by atoms with Gasteiger partial charge in [-0.25, -0.2) is 4.39 Å². The van der Waals surface area contributed by atoms with Crippen LogP contribution in [0.5, 0.6) is 5.75 Å². The monoisotopic (exact) mass is 380 g/mol. The van der Waals surface area contributed by atoms with E-state index < -0.39 is 17.2 Å². The van der Waals surface area contributed by atoms with E-state index >= 15 is 0 Å². The van der Waals surface area contributed by atoms with Crippen molar-refractivity contribution in [3.63, 3.8) is 0 Å². The maximum atomic E-state index is 13.3. The molecule has 0 aliphatic carbocycles. The minimum Gasteiger partial charge on any atom is -0.505 e. The first kappa shape index (κ1) is 17.3. The standard InChI is InChI=1S/C22H21FN2O3/c23-17-6-5-14(13-19(17)26)21(27)25-10-8-22(9-11-25)20-16(7-12-28-22)15-3-1-2-4-18(15)24-20/h1-6,13,24,26H,7-12H2. The highest BCUT2D eigenvalue weighted by molar-refractivity contribution is 5.94. The first-order valence-electron chi connectivity index (χ1n) is 9.59. The zero-order chi connectivity index (χ0) is 19.3. The fraction of sp³-hybridized carbons (Fsp3) is 0.318. The van der Waals surface area contributed by atoms with Crippen LogP contribution in [0.2, 0.25) is 0 Å². The number of halogens is 1. The van der Waals surface area contributed by atoms with Crippen LogP contribution in [0.4, 0.5) is 4.39 Å². The number of phenolic OH excluding ortho intramolecular Hbond substituents is 1. The summed E-state index contributed by atoms with van der Waals surface area (Å²) in [5.41, 5.74) is 3.49. The Morgan fingerprint density at radius 3 is 2.75 bits per heavy atom. The molecule has 28 heavy (non-hydrogen) atoms. The Balaban J connectivity index is 1.40. The molecular formula is C22H21FN2O3. The first-order chi connectivity index (χ1) is 13.6. The van der Waals surface area contributed by atoms with Crippen molar-refractivity contribution in [2.45, 2.75) is 24.9 Å². The van der Waals surface area contributed by atoms with Crippen LogP contribution < -0.4 is 0 Å². The number of H-pyrrole nitrogens is 1. The van der Waals surface area contributed by atoms with Crippen molar-refractivity contribution in [1.29, 1.82) is 0 Å². The van der Waals surface area contributed by atoms with Gasteiger partial charge in [0, 0.05) is 29.6 Å². The number of rotatable bonds is 1. The molecule has 1 fully saturated rings. The van der Waals surface area contributed by atoms with Gasteiger partial charge in [0.25, 0.3) is 5.91 Å². The van der Waals surface area contributed by atoms with Gasteiger partial charge in [0.2, 0.25) is 0 Å². The van der Waals surface area contributed by atoms with Crippen LogP contribution in [-0.4, -0.2) is 40.6 Å². The van der Waals surface area contributed by atoms with E-state index in [1.54, 1.807) is 4.90 Å². The Morgan fingerprint density at radius 1 is 1.18 bits per heavy atom. The van der Waals surface area contributed by atoms with E-state index in [0.717, 1.165) is 23.7 Å². The topological polar surface area (TPSA) is 65.6 Å². The zero-order valence-electron chi connectivity index (χ0n) is 15.4. The van der Waals surface area contributed by atoms with Gasteiger partial charge in [-0.3, -0.25) is 4.79 Å². The number of amides is 1. The summed E-state index contributed by atoms with van der Waals surface area (Å²) in [4.78, 5) is 18.1. The summed E-state index contributed by atoms with van der Waals surface area (Å²) in [6, 6.07) is 12.0. The molecule has 144 valence electrons. The lowest BCUT2D eigenvalue weighted by molar-refractivity contribution is -0.0957. The van der Waals surface area contributed by atoms with Crippen LogP contribution in [0.3, 0.4) is 0 Å². The highest BCUT2D eigenvalue weighted by atomic mass is 19.1. The lowest BCUT2D eigenvalue weighted by Gasteiger charge is -2.43. The third-order valence-electron chi connectivity index (χ3n) is 6.05. The average molecular weight is 380 g/mol. The van der Waals surface area contributed by atoms with Gasteiger partial charge in [0.1, 0.15) is 5.60 Å². The summed E-state index contributed by atoms with van der Waals surface area (Å²) in [7, 11) is 0. The second kappa shape index (κ2) is 6.34. The number of para-hydroxylation sites is 1. The molecule has 1 aromatic heterocycles. The van der Waals surface area contributed by atoms with Crippen LogP contribution in [-0.2, 0) is 16.8 Å². The van der Waals surface area contributed by atoms with Crippen molar-refractivity contribution in [2.75, 3.05) is 19.7 Å². The molecule has 3 aromatic rings. The van der Waals surface area contributed by atoms with E-state index in [4.69, 9.17) is 4.74 Å². The number of nitrogens with one attached hydrogen (secondary N) is 1. The summed E-state index contributed by atoms with van der Waals surface area (Å²) < 4.78 is 19.5. The second-order valence-corrected chi connectivity index (χ2v) is 7.58. The largest absolute Gasteiger partial charge is 0.505 e. The van der Waals surface area contributed by atoms with Crippen molar-refractivity contribution < 1.29 is 19.0 Å². The van der Waals surface area contributed by atoms with Gasteiger partial charge in [-0.2, -0.15) is 0 Å². The van der Waals surface area contributed by atoms with E-state index in [-0.39, 0.29) is 5.91 Å². The minimum absolute atomic E-state index is 0.196. The number of benzene rings is 2. The third-order valence-corrected chi connectivity index (χ3v) is 6.05. The van der Waals surface area contributed by atoms with Gasteiger partial charge >= 0.3 is 0 Å². The molecule has 1 saturated heterocycles. The highest BCUT2D eigenvalue weighted by Gasteiger charge is 2.43. The summed E-state index contributed by atoms with van der Waals surface area (Å²) in [6.45, 7) is 1.77. The maximum Gasteiger partial charge on any atom is 0.253 e. The lowest BCUT2D eigenvalue weighted by atomic mass is 9.83. The van der Waals surface area contributed by atoms with Crippen LogP contribution in [0, 0.1) is 5.82 Å². The number of carbonyl (C=O) groups is 1. The molecule has 1 amide bonds. The molecule has 2 aliphatic rings. The molecule has 0 unspecified atom stereocenters. The fourth-order valence-electron chi connectivity index (χ4n) is 4.56. The molecule has 2 N–H and O–H groups in total. The minimum atomic E-state index is -0.726. The van der Waals surface area contributed by atoms with Crippen molar-refractivity contribution >= 4 is 16.8 Å². The van der Waals surface area contributed by atoms with Crippen LogP contribution in [0.15, 0.2) is 42.5 Å². The normalized spacial score (nSPS) is 18.4. The van der Waals surface area contributed by atoms with Gasteiger partial charge in [-0.15, -0.1) is 0 Å². The highest BCUT2D eigenvalue weighted by Crippen LogP contribution is 2.43. The summed E-state index contributed by atoms with van der Waals surface area (Å²) in [5, 5.41) is 10.8. The first-order valence-corrected chi connectivity index (χ1v) is 9.59. The van der Waals surface area contributed by atoms with E-state index in [9.17, 15) is 14.3 Å². The molecule has 5 nitrogen and oxygen atoms in total. The molecule has 5 rings (SSSR count). The fourth-order valence-corrected chi connectivity index (χ4v) is 4.56. The molecule has 1 spiro atoms. The van der Waals surface area contributed by atoms with Gasteiger partial charge in [0.05, 0.1) is 12.3 Å². The number of fused-ring (bicyclic) bond motifs is 4. The number of nitrogens with zero attached hydrogens (tertiary/aromatic N) is 1. The predicted octanol–water partition coefficient (Wildman–Crippen LogP) is 3.72. The van der Waals surface area contributed by atoms with E-state index in [1.165, 1.54) is 23.1 Å².